The third-order valence-corrected chi connectivity index (χ3v) is 5.40. The van der Waals surface area contributed by atoms with Gasteiger partial charge in [0.1, 0.15) is 0 Å². The van der Waals surface area contributed by atoms with E-state index in [4.69, 9.17) is 0 Å². The summed E-state index contributed by atoms with van der Waals surface area (Å²) in [6.07, 6.45) is 1.37. The highest BCUT2D eigenvalue weighted by Gasteiger charge is 2.31. The van der Waals surface area contributed by atoms with Crippen LogP contribution >= 0.6 is 11.3 Å². The van der Waals surface area contributed by atoms with Crippen molar-refractivity contribution >= 4 is 11.3 Å². The topological polar surface area (TPSA) is 15.3 Å². The van der Waals surface area contributed by atoms with Crippen molar-refractivity contribution in [3.63, 3.8) is 0 Å². The zero-order valence-corrected chi connectivity index (χ0v) is 13.6. The fourth-order valence-electron chi connectivity index (χ4n) is 2.82. The average Bonchev–Trinajstić information content (AvgIpc) is 2.99. The van der Waals surface area contributed by atoms with Gasteiger partial charge in [0.05, 0.1) is 0 Å². The molecule has 2 nitrogen and oxygen atoms in total. The highest BCUT2D eigenvalue weighted by molar-refractivity contribution is 7.10. The van der Waals surface area contributed by atoms with Gasteiger partial charge in [-0.3, -0.25) is 0 Å². The van der Waals surface area contributed by atoms with Gasteiger partial charge in [-0.2, -0.15) is 0 Å². The molecule has 3 heteroatoms. The van der Waals surface area contributed by atoms with Crippen LogP contribution < -0.4 is 5.32 Å². The number of likely N-dealkylation sites (tertiary alicyclic amines) is 1. The summed E-state index contributed by atoms with van der Waals surface area (Å²) in [5.74, 6) is 0.863. The van der Waals surface area contributed by atoms with Crippen molar-refractivity contribution < 1.29 is 0 Å². The number of nitrogens with zero attached hydrogens (tertiary/aromatic N) is 1. The van der Waals surface area contributed by atoms with Gasteiger partial charge in [-0.1, -0.05) is 26.8 Å². The van der Waals surface area contributed by atoms with Crippen molar-refractivity contribution in [2.45, 2.75) is 40.2 Å². The Kier molecular flexibility index (Phi) is 5.04. The van der Waals surface area contributed by atoms with Gasteiger partial charge in [0.2, 0.25) is 0 Å². The zero-order chi connectivity index (χ0) is 13.9. The van der Waals surface area contributed by atoms with Gasteiger partial charge in [-0.25, -0.2) is 0 Å². The monoisotopic (exact) mass is 280 g/mol. The Balaban J connectivity index is 1.67. The van der Waals surface area contributed by atoms with Gasteiger partial charge in [0.25, 0.3) is 0 Å². The van der Waals surface area contributed by atoms with Crippen LogP contribution in [0.5, 0.6) is 0 Å². The van der Waals surface area contributed by atoms with Crippen LogP contribution in [0.4, 0.5) is 0 Å². The Bertz CT molecular complexity index is 367. The summed E-state index contributed by atoms with van der Waals surface area (Å²) in [7, 11) is 0. The van der Waals surface area contributed by atoms with E-state index in [0.717, 1.165) is 12.5 Å². The third-order valence-electron chi connectivity index (χ3n) is 4.35. The molecule has 1 aliphatic heterocycles. The molecule has 0 saturated carbocycles. The van der Waals surface area contributed by atoms with Crippen LogP contribution in [-0.2, 0) is 0 Å². The second-order valence-corrected chi connectivity index (χ2v) is 7.82. The molecule has 1 aromatic rings. The van der Waals surface area contributed by atoms with Gasteiger partial charge in [0.15, 0.2) is 0 Å². The normalized spacial score (nSPS) is 22.8. The summed E-state index contributed by atoms with van der Waals surface area (Å²) in [4.78, 5) is 4.05. The largest absolute Gasteiger partial charge is 0.308 e. The molecule has 1 aromatic heterocycles. The van der Waals surface area contributed by atoms with Crippen molar-refractivity contribution in [3.8, 4) is 0 Å². The van der Waals surface area contributed by atoms with Crippen LogP contribution in [0, 0.1) is 11.3 Å². The van der Waals surface area contributed by atoms with Crippen LogP contribution in [0.25, 0.3) is 0 Å². The first-order valence-electron chi connectivity index (χ1n) is 7.46. The molecule has 0 radical (unpaired) electrons. The van der Waals surface area contributed by atoms with Gasteiger partial charge in [-0.05, 0) is 42.7 Å². The number of hydrogen-bond donors (Lipinski definition) is 1. The first-order valence-corrected chi connectivity index (χ1v) is 8.34. The lowest BCUT2D eigenvalue weighted by Crippen LogP contribution is -2.33. The number of rotatable bonds is 5. The zero-order valence-electron chi connectivity index (χ0n) is 12.8. The molecule has 2 rings (SSSR count). The number of nitrogens with one attached hydrogen (secondary N) is 1. The van der Waals surface area contributed by atoms with E-state index in [1.54, 1.807) is 0 Å². The first-order chi connectivity index (χ1) is 8.97. The van der Waals surface area contributed by atoms with E-state index in [1.807, 2.05) is 11.3 Å². The molecule has 19 heavy (non-hydrogen) atoms. The second kappa shape index (κ2) is 6.38. The van der Waals surface area contributed by atoms with Crippen LogP contribution in [0.2, 0.25) is 0 Å². The van der Waals surface area contributed by atoms with Gasteiger partial charge in [-0.15, -0.1) is 11.3 Å². The molecule has 1 fully saturated rings. The van der Waals surface area contributed by atoms with E-state index >= 15 is 0 Å². The SMILES string of the molecule is CC(NCCN1CCC(C(C)(C)C)C1)c1cccs1. The fourth-order valence-corrected chi connectivity index (χ4v) is 3.58. The third kappa shape index (κ3) is 4.30. The molecule has 1 saturated heterocycles. The predicted octanol–water partition coefficient (Wildman–Crippen LogP) is 3.77. The molecule has 108 valence electrons. The van der Waals surface area contributed by atoms with E-state index < -0.39 is 0 Å². The lowest BCUT2D eigenvalue weighted by molar-refractivity contribution is 0.228. The maximum Gasteiger partial charge on any atom is 0.0386 e. The maximum absolute atomic E-state index is 3.63. The second-order valence-electron chi connectivity index (χ2n) is 6.84. The Hall–Kier alpha value is -0.380. The molecule has 1 aliphatic rings. The maximum atomic E-state index is 3.63. The van der Waals surface area contributed by atoms with Gasteiger partial charge < -0.3 is 10.2 Å². The van der Waals surface area contributed by atoms with E-state index in [2.05, 4.69) is 55.4 Å². The first kappa shape index (κ1) is 15.0. The number of thiophene rings is 1. The van der Waals surface area contributed by atoms with Crippen LogP contribution in [-0.4, -0.2) is 31.1 Å². The summed E-state index contributed by atoms with van der Waals surface area (Å²) >= 11 is 1.84. The van der Waals surface area contributed by atoms with E-state index in [1.165, 1.54) is 30.9 Å². The van der Waals surface area contributed by atoms with Crippen molar-refractivity contribution in [1.29, 1.82) is 0 Å². The predicted molar refractivity (Wildman–Crippen MR) is 84.7 cm³/mol. The Labute approximate surface area is 122 Å². The molecule has 0 aromatic carbocycles. The minimum atomic E-state index is 0.465. The van der Waals surface area contributed by atoms with E-state index in [-0.39, 0.29) is 0 Å². The average molecular weight is 280 g/mol. The summed E-state index contributed by atoms with van der Waals surface area (Å²) < 4.78 is 0. The summed E-state index contributed by atoms with van der Waals surface area (Å²) in [6, 6.07) is 4.83. The van der Waals surface area contributed by atoms with E-state index in [0.29, 0.717) is 11.5 Å². The van der Waals surface area contributed by atoms with Crippen LogP contribution in [0.1, 0.15) is 45.0 Å². The lowest BCUT2D eigenvalue weighted by atomic mass is 9.80. The Morgan fingerprint density at radius 3 is 2.84 bits per heavy atom. The fraction of sp³-hybridized carbons (Fsp3) is 0.750. The van der Waals surface area contributed by atoms with Crippen LogP contribution in [0.3, 0.4) is 0 Å². The smallest absolute Gasteiger partial charge is 0.0386 e. The standard InChI is InChI=1S/C16H28N2S/c1-13(15-6-5-11-19-15)17-8-10-18-9-7-14(12-18)16(2,3)4/h5-6,11,13-14,17H,7-10,12H2,1-4H3. The number of hydrogen-bond acceptors (Lipinski definition) is 3. The molecule has 0 bridgehead atoms. The molecule has 1 N–H and O–H groups in total. The quantitative estimate of drug-likeness (QED) is 0.883. The lowest BCUT2D eigenvalue weighted by Gasteiger charge is -2.27. The minimum Gasteiger partial charge on any atom is -0.308 e. The Morgan fingerprint density at radius 2 is 2.26 bits per heavy atom. The molecular formula is C16H28N2S. The summed E-state index contributed by atoms with van der Waals surface area (Å²) in [5.41, 5.74) is 0.465. The molecule has 0 spiro atoms. The molecule has 0 aliphatic carbocycles. The van der Waals surface area contributed by atoms with Crippen LogP contribution in [0.15, 0.2) is 17.5 Å². The van der Waals surface area contributed by atoms with E-state index in [9.17, 15) is 0 Å². The molecule has 2 unspecified atom stereocenters. The van der Waals surface area contributed by atoms with Gasteiger partial charge >= 0.3 is 0 Å². The van der Waals surface area contributed by atoms with Crippen molar-refractivity contribution in [2.24, 2.45) is 11.3 Å². The molecule has 2 atom stereocenters. The Morgan fingerprint density at radius 1 is 1.47 bits per heavy atom. The summed E-state index contributed by atoms with van der Waals surface area (Å²) in [6.45, 7) is 14.2. The molecule has 0 amide bonds. The minimum absolute atomic E-state index is 0.465. The molecular weight excluding hydrogens is 252 g/mol. The highest BCUT2D eigenvalue weighted by atomic mass is 32.1. The highest BCUT2D eigenvalue weighted by Crippen LogP contribution is 2.33. The summed E-state index contributed by atoms with van der Waals surface area (Å²) in [5, 5.41) is 5.79. The van der Waals surface area contributed by atoms with Crippen molar-refractivity contribution in [2.75, 3.05) is 26.2 Å². The van der Waals surface area contributed by atoms with Crippen molar-refractivity contribution in [3.05, 3.63) is 22.4 Å². The van der Waals surface area contributed by atoms with Crippen molar-refractivity contribution in [1.82, 2.24) is 10.2 Å². The molecule has 2 heterocycles. The van der Waals surface area contributed by atoms with Gasteiger partial charge in [0, 0.05) is 30.6 Å².